The molecule has 5 heteroatoms. The number of aliphatic carboxylic acids is 1. The summed E-state index contributed by atoms with van der Waals surface area (Å²) in [5.41, 5.74) is -1.02. The average molecular weight is 268 g/mol. The maximum absolute atomic E-state index is 11.9. The second-order valence-corrected chi connectivity index (χ2v) is 6.10. The predicted octanol–water partition coefficient (Wildman–Crippen LogP) is 1.28. The third-order valence-corrected chi connectivity index (χ3v) is 4.28. The maximum atomic E-state index is 11.9. The van der Waals surface area contributed by atoms with Crippen LogP contribution in [0, 0.1) is 5.92 Å². The normalized spacial score (nSPS) is 30.9. The molecule has 0 spiro atoms. The monoisotopic (exact) mass is 268 g/mol. The lowest BCUT2D eigenvalue weighted by Gasteiger charge is -2.36. The van der Waals surface area contributed by atoms with E-state index in [1.54, 1.807) is 0 Å². The Hall–Kier alpha value is -1.10. The van der Waals surface area contributed by atoms with Gasteiger partial charge in [0, 0.05) is 19.0 Å². The van der Waals surface area contributed by atoms with Crippen LogP contribution < -0.4 is 10.6 Å². The Labute approximate surface area is 114 Å². The molecule has 108 valence electrons. The van der Waals surface area contributed by atoms with Crippen LogP contribution >= 0.6 is 0 Å². The summed E-state index contributed by atoms with van der Waals surface area (Å²) in [5, 5.41) is 15.5. The zero-order valence-electron chi connectivity index (χ0n) is 11.6. The molecule has 0 aromatic heterocycles. The highest BCUT2D eigenvalue weighted by molar-refractivity contribution is 5.87. The highest BCUT2D eigenvalue weighted by Gasteiger charge is 2.42. The molecule has 3 N–H and O–H groups in total. The van der Waals surface area contributed by atoms with Crippen molar-refractivity contribution in [1.29, 1.82) is 0 Å². The summed E-state index contributed by atoms with van der Waals surface area (Å²) in [6.45, 7) is 2.77. The standard InChI is InChI=1S/C14H24N2O3/c1-10-4-7-14(8-5-10,13(18)19)16-12(17)6-9-15-11-2-3-11/h10-11,15H,2-9H2,1H3,(H,16,17)(H,18,19). The number of carbonyl (C=O) groups excluding carboxylic acids is 1. The van der Waals surface area contributed by atoms with Gasteiger partial charge in [0.1, 0.15) is 5.54 Å². The summed E-state index contributed by atoms with van der Waals surface area (Å²) < 4.78 is 0. The Bertz CT molecular complexity index is 345. The topological polar surface area (TPSA) is 78.4 Å². The van der Waals surface area contributed by atoms with Crippen molar-refractivity contribution in [3.05, 3.63) is 0 Å². The molecule has 0 saturated heterocycles. The molecule has 2 saturated carbocycles. The Morgan fingerprint density at radius 1 is 1.21 bits per heavy atom. The fourth-order valence-corrected chi connectivity index (χ4v) is 2.65. The van der Waals surface area contributed by atoms with Gasteiger partial charge in [-0.15, -0.1) is 0 Å². The van der Waals surface area contributed by atoms with Crippen molar-refractivity contribution in [2.24, 2.45) is 5.92 Å². The molecule has 0 heterocycles. The van der Waals surface area contributed by atoms with E-state index < -0.39 is 11.5 Å². The first-order valence-electron chi connectivity index (χ1n) is 7.30. The molecule has 0 unspecified atom stereocenters. The van der Waals surface area contributed by atoms with E-state index in [0.29, 0.717) is 37.8 Å². The number of amides is 1. The van der Waals surface area contributed by atoms with E-state index in [2.05, 4.69) is 17.6 Å². The van der Waals surface area contributed by atoms with Gasteiger partial charge in [-0.2, -0.15) is 0 Å². The first-order valence-corrected chi connectivity index (χ1v) is 7.30. The van der Waals surface area contributed by atoms with E-state index >= 15 is 0 Å². The summed E-state index contributed by atoms with van der Waals surface area (Å²) in [5.74, 6) is -0.478. The number of nitrogens with one attached hydrogen (secondary N) is 2. The molecule has 0 atom stereocenters. The lowest BCUT2D eigenvalue weighted by molar-refractivity contribution is -0.149. The average Bonchev–Trinajstić information content (AvgIpc) is 3.16. The van der Waals surface area contributed by atoms with Gasteiger partial charge in [0.05, 0.1) is 0 Å². The number of carboxylic acid groups (broad SMARTS) is 1. The van der Waals surface area contributed by atoms with Crippen LogP contribution in [0.25, 0.3) is 0 Å². The molecule has 2 aliphatic rings. The van der Waals surface area contributed by atoms with Crippen molar-refractivity contribution in [1.82, 2.24) is 10.6 Å². The minimum Gasteiger partial charge on any atom is -0.480 e. The first-order chi connectivity index (χ1) is 9.02. The second-order valence-electron chi connectivity index (χ2n) is 6.10. The first kappa shape index (κ1) is 14.3. The number of hydrogen-bond donors (Lipinski definition) is 3. The third kappa shape index (κ3) is 3.93. The molecule has 0 aromatic carbocycles. The smallest absolute Gasteiger partial charge is 0.329 e. The van der Waals surface area contributed by atoms with Crippen LogP contribution in [0.15, 0.2) is 0 Å². The van der Waals surface area contributed by atoms with E-state index in [1.807, 2.05) is 0 Å². The molecular formula is C14H24N2O3. The van der Waals surface area contributed by atoms with Crippen LogP contribution in [0.5, 0.6) is 0 Å². The van der Waals surface area contributed by atoms with E-state index in [1.165, 1.54) is 12.8 Å². The summed E-state index contributed by atoms with van der Waals surface area (Å²) in [6, 6.07) is 0.580. The van der Waals surface area contributed by atoms with Gasteiger partial charge in [-0.3, -0.25) is 4.79 Å². The van der Waals surface area contributed by atoms with Gasteiger partial charge in [-0.05, 0) is 44.4 Å². The van der Waals surface area contributed by atoms with E-state index in [-0.39, 0.29) is 5.91 Å². The minimum absolute atomic E-state index is 0.148. The van der Waals surface area contributed by atoms with Crippen LogP contribution in [-0.2, 0) is 9.59 Å². The van der Waals surface area contributed by atoms with Gasteiger partial charge in [0.2, 0.25) is 5.91 Å². The fourth-order valence-electron chi connectivity index (χ4n) is 2.65. The van der Waals surface area contributed by atoms with Crippen molar-refractivity contribution in [3.63, 3.8) is 0 Å². The van der Waals surface area contributed by atoms with Crippen molar-refractivity contribution < 1.29 is 14.7 Å². The van der Waals surface area contributed by atoms with Crippen LogP contribution in [0.1, 0.15) is 51.9 Å². The summed E-state index contributed by atoms with van der Waals surface area (Å²) in [6.07, 6.45) is 5.58. The van der Waals surface area contributed by atoms with Crippen molar-refractivity contribution in [3.8, 4) is 0 Å². The predicted molar refractivity (Wildman–Crippen MR) is 71.8 cm³/mol. The van der Waals surface area contributed by atoms with Crippen molar-refractivity contribution in [2.75, 3.05) is 6.54 Å². The molecule has 0 aliphatic heterocycles. The SMILES string of the molecule is CC1CCC(NC(=O)CCNC2CC2)(C(=O)O)CC1. The molecular weight excluding hydrogens is 244 g/mol. The second kappa shape index (κ2) is 5.90. The maximum Gasteiger partial charge on any atom is 0.329 e. The van der Waals surface area contributed by atoms with Crippen LogP contribution in [-0.4, -0.2) is 35.1 Å². The zero-order valence-corrected chi connectivity index (χ0v) is 11.6. The molecule has 19 heavy (non-hydrogen) atoms. The highest BCUT2D eigenvalue weighted by Crippen LogP contribution is 2.32. The van der Waals surface area contributed by atoms with Crippen molar-refractivity contribution >= 4 is 11.9 Å². The van der Waals surface area contributed by atoms with Gasteiger partial charge >= 0.3 is 5.97 Å². The molecule has 0 radical (unpaired) electrons. The molecule has 0 aromatic rings. The fraction of sp³-hybridized carbons (Fsp3) is 0.857. The summed E-state index contributed by atoms with van der Waals surface area (Å²) in [7, 11) is 0. The highest BCUT2D eigenvalue weighted by atomic mass is 16.4. The van der Waals surface area contributed by atoms with Crippen LogP contribution in [0.3, 0.4) is 0 Å². The van der Waals surface area contributed by atoms with E-state index in [9.17, 15) is 14.7 Å². The Morgan fingerprint density at radius 3 is 2.37 bits per heavy atom. The van der Waals surface area contributed by atoms with Gasteiger partial charge in [0.25, 0.3) is 0 Å². The largest absolute Gasteiger partial charge is 0.480 e. The van der Waals surface area contributed by atoms with Crippen LogP contribution in [0.4, 0.5) is 0 Å². The Balaban J connectivity index is 1.81. The number of rotatable bonds is 6. The molecule has 2 rings (SSSR count). The summed E-state index contributed by atoms with van der Waals surface area (Å²) >= 11 is 0. The minimum atomic E-state index is -1.02. The molecule has 5 nitrogen and oxygen atoms in total. The molecule has 2 fully saturated rings. The third-order valence-electron chi connectivity index (χ3n) is 4.28. The lowest BCUT2D eigenvalue weighted by Crippen LogP contribution is -2.56. The van der Waals surface area contributed by atoms with E-state index in [4.69, 9.17) is 0 Å². The molecule has 1 amide bonds. The molecule has 2 aliphatic carbocycles. The number of carbonyl (C=O) groups is 2. The Kier molecular flexibility index (Phi) is 4.45. The van der Waals surface area contributed by atoms with Gasteiger partial charge < -0.3 is 15.7 Å². The van der Waals surface area contributed by atoms with E-state index in [0.717, 1.165) is 12.8 Å². The van der Waals surface area contributed by atoms with Gasteiger partial charge in [-0.25, -0.2) is 4.79 Å². The van der Waals surface area contributed by atoms with Crippen LogP contribution in [0.2, 0.25) is 0 Å². The Morgan fingerprint density at radius 2 is 1.84 bits per heavy atom. The number of carboxylic acids is 1. The summed E-state index contributed by atoms with van der Waals surface area (Å²) in [4.78, 5) is 23.4. The zero-order chi connectivity index (χ0) is 13.9. The quantitative estimate of drug-likeness (QED) is 0.678. The number of hydrogen-bond acceptors (Lipinski definition) is 3. The van der Waals surface area contributed by atoms with Gasteiger partial charge in [-0.1, -0.05) is 6.92 Å². The van der Waals surface area contributed by atoms with Crippen molar-refractivity contribution in [2.45, 2.75) is 63.5 Å². The lowest BCUT2D eigenvalue weighted by atomic mass is 9.77. The molecule has 0 bridgehead atoms. The van der Waals surface area contributed by atoms with Gasteiger partial charge in [0.15, 0.2) is 0 Å².